The molecule has 5 nitrogen and oxygen atoms in total. The van der Waals surface area contributed by atoms with Crippen LogP contribution in [0.3, 0.4) is 0 Å². The molecule has 2 saturated heterocycles. The van der Waals surface area contributed by atoms with E-state index in [1.165, 1.54) is 0 Å². The third-order valence-electron chi connectivity index (χ3n) is 3.91. The summed E-state index contributed by atoms with van der Waals surface area (Å²) >= 11 is 0. The highest BCUT2D eigenvalue weighted by molar-refractivity contribution is 4.87. The third kappa shape index (κ3) is 3.39. The van der Waals surface area contributed by atoms with Crippen molar-refractivity contribution in [3.05, 3.63) is 0 Å². The lowest BCUT2D eigenvalue weighted by Crippen LogP contribution is -2.54. The van der Waals surface area contributed by atoms with Gasteiger partial charge >= 0.3 is 0 Å². The lowest BCUT2D eigenvalue weighted by Gasteiger charge is -2.40. The van der Waals surface area contributed by atoms with E-state index in [2.05, 4.69) is 4.90 Å². The molecule has 0 radical (unpaired) electrons. The minimum absolute atomic E-state index is 0.0670. The van der Waals surface area contributed by atoms with E-state index in [0.29, 0.717) is 19.0 Å². The van der Waals surface area contributed by atoms with Crippen LogP contribution in [0.15, 0.2) is 0 Å². The average molecular weight is 245 g/mol. The van der Waals surface area contributed by atoms with Crippen LogP contribution in [-0.2, 0) is 4.74 Å². The summed E-state index contributed by atoms with van der Waals surface area (Å²) in [7, 11) is 0. The van der Waals surface area contributed by atoms with Gasteiger partial charge in [0.2, 0.25) is 0 Å². The molecule has 0 aromatic heterocycles. The normalized spacial score (nSPS) is 37.2. The van der Waals surface area contributed by atoms with Crippen molar-refractivity contribution >= 4 is 0 Å². The maximum atomic E-state index is 9.75. The monoisotopic (exact) mass is 245 g/mol. The van der Waals surface area contributed by atoms with Crippen LogP contribution in [0.1, 0.15) is 12.8 Å². The molecule has 0 bridgehead atoms. The second-order valence-corrected chi connectivity index (χ2v) is 5.27. The van der Waals surface area contributed by atoms with E-state index in [-0.39, 0.29) is 12.5 Å². The van der Waals surface area contributed by atoms with E-state index in [0.717, 1.165) is 32.6 Å². The molecular weight excluding hydrogens is 222 g/mol. The van der Waals surface area contributed by atoms with Crippen LogP contribution in [-0.4, -0.2) is 71.9 Å². The number of aliphatic hydroxyl groups excluding tert-OH is 3. The first-order valence-corrected chi connectivity index (χ1v) is 6.47. The molecule has 3 N–H and O–H groups in total. The Hall–Kier alpha value is -0.200. The Morgan fingerprint density at radius 1 is 1.12 bits per heavy atom. The zero-order chi connectivity index (χ0) is 12.3. The molecule has 2 aliphatic rings. The molecular formula is C12H23NO4. The number of hydrogen-bond acceptors (Lipinski definition) is 5. The van der Waals surface area contributed by atoms with E-state index >= 15 is 0 Å². The number of aliphatic hydroxyl groups is 3. The summed E-state index contributed by atoms with van der Waals surface area (Å²) in [6, 6.07) is 0. The fraction of sp³-hybridized carbons (Fsp3) is 1.00. The predicted octanol–water partition coefficient (Wildman–Crippen LogP) is -0.941. The van der Waals surface area contributed by atoms with Crippen molar-refractivity contribution < 1.29 is 20.1 Å². The van der Waals surface area contributed by atoms with E-state index < -0.39 is 12.2 Å². The van der Waals surface area contributed by atoms with E-state index in [9.17, 15) is 15.3 Å². The lowest BCUT2D eigenvalue weighted by atomic mass is 9.91. The first kappa shape index (κ1) is 13.2. The first-order chi connectivity index (χ1) is 8.20. The second-order valence-electron chi connectivity index (χ2n) is 5.27. The Labute approximate surface area is 102 Å². The summed E-state index contributed by atoms with van der Waals surface area (Å²) in [5.41, 5.74) is 0. The van der Waals surface area contributed by atoms with Gasteiger partial charge in [0.05, 0.1) is 12.2 Å². The SMILES string of the molecule is OC[C@H]1CN(CC2CCOCC2)C[C@@H](O)[C@@H]1O. The molecule has 3 atom stereocenters. The van der Waals surface area contributed by atoms with E-state index in [1.54, 1.807) is 0 Å². The molecule has 2 heterocycles. The quantitative estimate of drug-likeness (QED) is 0.598. The predicted molar refractivity (Wildman–Crippen MR) is 62.6 cm³/mol. The van der Waals surface area contributed by atoms with Gasteiger partial charge in [-0.3, -0.25) is 4.90 Å². The highest BCUT2D eigenvalue weighted by atomic mass is 16.5. The van der Waals surface area contributed by atoms with Gasteiger partial charge in [-0.2, -0.15) is 0 Å². The fourth-order valence-electron chi connectivity index (χ4n) is 2.81. The minimum Gasteiger partial charge on any atom is -0.396 e. The van der Waals surface area contributed by atoms with Crippen LogP contribution in [0.25, 0.3) is 0 Å². The van der Waals surface area contributed by atoms with Crippen LogP contribution < -0.4 is 0 Å². The van der Waals surface area contributed by atoms with Crippen molar-refractivity contribution in [2.75, 3.05) is 39.5 Å². The van der Waals surface area contributed by atoms with Crippen molar-refractivity contribution in [1.82, 2.24) is 4.90 Å². The Bertz CT molecular complexity index is 233. The summed E-state index contributed by atoms with van der Waals surface area (Å²) in [5.74, 6) is 0.393. The van der Waals surface area contributed by atoms with Gasteiger partial charge in [0.1, 0.15) is 0 Å². The topological polar surface area (TPSA) is 73.2 Å². The summed E-state index contributed by atoms with van der Waals surface area (Å²) in [6.07, 6.45) is 0.615. The largest absolute Gasteiger partial charge is 0.396 e. The molecule has 0 spiro atoms. The van der Waals surface area contributed by atoms with Crippen molar-refractivity contribution in [1.29, 1.82) is 0 Å². The minimum atomic E-state index is -0.786. The lowest BCUT2D eigenvalue weighted by molar-refractivity contribution is -0.0910. The number of β-amino-alcohol motifs (C(OH)–C–C–N with tert-alkyl or cyclic N) is 1. The molecule has 0 aliphatic carbocycles. The molecule has 2 rings (SSSR count). The van der Waals surface area contributed by atoms with Gasteiger partial charge in [-0.05, 0) is 18.8 Å². The number of ether oxygens (including phenoxy) is 1. The molecule has 2 aliphatic heterocycles. The molecule has 2 fully saturated rings. The Morgan fingerprint density at radius 3 is 2.47 bits per heavy atom. The number of piperidine rings is 1. The molecule has 0 saturated carbocycles. The van der Waals surface area contributed by atoms with Gasteiger partial charge in [-0.1, -0.05) is 0 Å². The number of hydrogen-bond donors (Lipinski definition) is 3. The van der Waals surface area contributed by atoms with Crippen LogP contribution in [0, 0.1) is 11.8 Å². The van der Waals surface area contributed by atoms with Crippen molar-refractivity contribution in [2.45, 2.75) is 25.0 Å². The maximum Gasteiger partial charge on any atom is 0.0929 e. The molecule has 100 valence electrons. The number of rotatable bonds is 3. The first-order valence-electron chi connectivity index (χ1n) is 6.47. The average Bonchev–Trinajstić information content (AvgIpc) is 2.35. The van der Waals surface area contributed by atoms with Crippen molar-refractivity contribution in [2.24, 2.45) is 11.8 Å². The molecule has 0 amide bonds. The Kier molecular flexibility index (Phi) is 4.76. The summed E-state index contributed by atoms with van der Waals surface area (Å²) in [5, 5.41) is 28.6. The Balaban J connectivity index is 1.84. The van der Waals surface area contributed by atoms with Gasteiger partial charge in [0.25, 0.3) is 0 Å². The van der Waals surface area contributed by atoms with Gasteiger partial charge in [0.15, 0.2) is 0 Å². The standard InChI is InChI=1S/C12H23NO4/c14-8-10-6-13(7-11(15)12(10)16)5-9-1-3-17-4-2-9/h9-12,14-16H,1-8H2/t10-,11-,12-/m1/s1. The number of likely N-dealkylation sites (tertiary alicyclic amines) is 1. The molecule has 0 unspecified atom stereocenters. The van der Waals surface area contributed by atoms with Crippen molar-refractivity contribution in [3.63, 3.8) is 0 Å². The van der Waals surface area contributed by atoms with Crippen LogP contribution in [0.4, 0.5) is 0 Å². The van der Waals surface area contributed by atoms with Gasteiger partial charge < -0.3 is 20.1 Å². The fourth-order valence-corrected chi connectivity index (χ4v) is 2.81. The van der Waals surface area contributed by atoms with Gasteiger partial charge in [-0.25, -0.2) is 0 Å². The van der Waals surface area contributed by atoms with E-state index in [1.807, 2.05) is 0 Å². The smallest absolute Gasteiger partial charge is 0.0929 e. The van der Waals surface area contributed by atoms with Gasteiger partial charge in [-0.15, -0.1) is 0 Å². The number of nitrogens with zero attached hydrogens (tertiary/aromatic N) is 1. The molecule has 5 heteroatoms. The van der Waals surface area contributed by atoms with E-state index in [4.69, 9.17) is 4.74 Å². The van der Waals surface area contributed by atoms with Crippen LogP contribution in [0.5, 0.6) is 0 Å². The van der Waals surface area contributed by atoms with Crippen LogP contribution in [0.2, 0.25) is 0 Å². The highest BCUT2D eigenvalue weighted by Gasteiger charge is 2.34. The van der Waals surface area contributed by atoms with Gasteiger partial charge in [0, 0.05) is 45.4 Å². The highest BCUT2D eigenvalue weighted by Crippen LogP contribution is 2.22. The maximum absolute atomic E-state index is 9.75. The molecule has 0 aromatic rings. The Morgan fingerprint density at radius 2 is 1.82 bits per heavy atom. The third-order valence-corrected chi connectivity index (χ3v) is 3.91. The second kappa shape index (κ2) is 6.11. The molecule has 17 heavy (non-hydrogen) atoms. The summed E-state index contributed by atoms with van der Waals surface area (Å²) in [4.78, 5) is 2.16. The zero-order valence-corrected chi connectivity index (χ0v) is 10.2. The van der Waals surface area contributed by atoms with Crippen molar-refractivity contribution in [3.8, 4) is 0 Å². The van der Waals surface area contributed by atoms with Crippen LogP contribution >= 0.6 is 0 Å². The summed E-state index contributed by atoms with van der Waals surface area (Å²) in [6.45, 7) is 3.70. The zero-order valence-electron chi connectivity index (χ0n) is 10.2. The summed E-state index contributed by atoms with van der Waals surface area (Å²) < 4.78 is 5.32. The molecule has 0 aromatic carbocycles.